The number of rotatable bonds is 3. The molecule has 20 heavy (non-hydrogen) atoms. The second kappa shape index (κ2) is 4.65. The molecule has 0 saturated carbocycles. The highest BCUT2D eigenvalue weighted by Gasteiger charge is 2.55. The van der Waals surface area contributed by atoms with E-state index in [1.165, 1.54) is 4.88 Å². The Balaban J connectivity index is 1.59. The predicted octanol–water partition coefficient (Wildman–Crippen LogP) is 1.84. The molecule has 0 bridgehead atoms. The predicted molar refractivity (Wildman–Crippen MR) is 74.6 cm³/mol. The van der Waals surface area contributed by atoms with E-state index in [0.717, 1.165) is 32.1 Å². The number of ether oxygens (including phenoxy) is 1. The monoisotopic (exact) mass is 291 g/mol. The minimum Gasteiger partial charge on any atom is -0.425 e. The molecule has 106 valence electrons. The van der Waals surface area contributed by atoms with E-state index in [1.54, 1.807) is 0 Å². The van der Waals surface area contributed by atoms with Crippen molar-refractivity contribution < 1.29 is 9.15 Å². The summed E-state index contributed by atoms with van der Waals surface area (Å²) in [7, 11) is 0. The first-order valence-electron chi connectivity index (χ1n) is 6.89. The van der Waals surface area contributed by atoms with Crippen molar-refractivity contribution in [2.45, 2.75) is 18.9 Å². The number of thiophene rings is 1. The average molecular weight is 291 g/mol. The van der Waals surface area contributed by atoms with Crippen LogP contribution in [0.5, 0.6) is 0 Å². The summed E-state index contributed by atoms with van der Waals surface area (Å²) in [6, 6.07) is 4.30. The van der Waals surface area contributed by atoms with E-state index in [1.807, 2.05) is 18.3 Å². The maximum absolute atomic E-state index is 5.73. The van der Waals surface area contributed by atoms with Gasteiger partial charge in [-0.3, -0.25) is 4.90 Å². The fourth-order valence-corrected chi connectivity index (χ4v) is 4.13. The molecule has 0 N–H and O–H groups in total. The van der Waals surface area contributed by atoms with Crippen LogP contribution >= 0.6 is 11.3 Å². The highest BCUT2D eigenvalue weighted by molar-refractivity contribution is 7.09. The minimum atomic E-state index is -0.0987. The van der Waals surface area contributed by atoms with Crippen LogP contribution in [0, 0.1) is 12.8 Å². The first-order chi connectivity index (χ1) is 9.76. The highest BCUT2D eigenvalue weighted by Crippen LogP contribution is 2.43. The van der Waals surface area contributed by atoms with Crippen molar-refractivity contribution >= 4 is 11.3 Å². The van der Waals surface area contributed by atoms with Gasteiger partial charge in [-0.05, 0) is 11.4 Å². The van der Waals surface area contributed by atoms with E-state index in [2.05, 4.69) is 32.6 Å². The molecule has 4 rings (SSSR count). The van der Waals surface area contributed by atoms with Gasteiger partial charge in [0, 0.05) is 37.4 Å². The van der Waals surface area contributed by atoms with Gasteiger partial charge in [-0.1, -0.05) is 6.07 Å². The molecule has 2 aliphatic heterocycles. The zero-order chi connectivity index (χ0) is 13.6. The molecule has 0 radical (unpaired) electrons. The Hall–Kier alpha value is -1.24. The van der Waals surface area contributed by atoms with Gasteiger partial charge in [-0.15, -0.1) is 21.5 Å². The molecule has 2 fully saturated rings. The Morgan fingerprint density at radius 2 is 2.45 bits per heavy atom. The number of likely N-dealkylation sites (tertiary alicyclic amines) is 1. The smallest absolute Gasteiger partial charge is 0.226 e. The number of fused-ring (bicyclic) bond motifs is 1. The van der Waals surface area contributed by atoms with Crippen molar-refractivity contribution in [1.82, 2.24) is 15.1 Å². The summed E-state index contributed by atoms with van der Waals surface area (Å²) in [6.07, 6.45) is 0. The number of nitrogens with zero attached hydrogens (tertiary/aromatic N) is 3. The molecule has 0 amide bonds. The molecule has 2 aliphatic rings. The van der Waals surface area contributed by atoms with E-state index in [0.29, 0.717) is 18.4 Å². The maximum atomic E-state index is 5.73. The van der Waals surface area contributed by atoms with Gasteiger partial charge in [0.2, 0.25) is 11.8 Å². The lowest BCUT2D eigenvalue weighted by molar-refractivity contribution is 0.140. The first-order valence-corrected chi connectivity index (χ1v) is 7.77. The quantitative estimate of drug-likeness (QED) is 0.863. The topological polar surface area (TPSA) is 51.4 Å². The molecular weight excluding hydrogens is 274 g/mol. The van der Waals surface area contributed by atoms with Gasteiger partial charge >= 0.3 is 0 Å². The Labute approximate surface area is 121 Å². The summed E-state index contributed by atoms with van der Waals surface area (Å²) in [5.41, 5.74) is -0.0987. The van der Waals surface area contributed by atoms with Crippen LogP contribution in [0.3, 0.4) is 0 Å². The van der Waals surface area contributed by atoms with Crippen molar-refractivity contribution in [3.05, 3.63) is 34.2 Å². The molecular formula is C14H17N3O2S. The van der Waals surface area contributed by atoms with Crippen molar-refractivity contribution in [3.63, 3.8) is 0 Å². The standard InChI is InChI=1S/C14H17N3O2S/c1-10-15-16-13(19-10)14-8-17(5-11(14)7-18-9-14)6-12-3-2-4-20-12/h2-4,11H,5-9H2,1H3/t11-,14-/m1/s1. The Bertz CT molecular complexity index is 597. The molecule has 0 aromatic carbocycles. The van der Waals surface area contributed by atoms with Crippen LogP contribution < -0.4 is 0 Å². The Morgan fingerprint density at radius 1 is 1.50 bits per heavy atom. The molecule has 0 unspecified atom stereocenters. The molecule has 0 spiro atoms. The first kappa shape index (κ1) is 12.5. The van der Waals surface area contributed by atoms with Crippen LogP contribution in [-0.4, -0.2) is 41.4 Å². The zero-order valence-corrected chi connectivity index (χ0v) is 12.2. The van der Waals surface area contributed by atoms with Crippen LogP contribution in [0.15, 0.2) is 21.9 Å². The van der Waals surface area contributed by atoms with Gasteiger partial charge in [-0.2, -0.15) is 0 Å². The van der Waals surface area contributed by atoms with E-state index in [4.69, 9.17) is 9.15 Å². The SMILES string of the molecule is Cc1nnc([C@]23COC[C@H]2CN(Cc2cccs2)C3)o1. The lowest BCUT2D eigenvalue weighted by atomic mass is 9.81. The van der Waals surface area contributed by atoms with Gasteiger partial charge in [0.15, 0.2) is 0 Å². The highest BCUT2D eigenvalue weighted by atomic mass is 32.1. The van der Waals surface area contributed by atoms with Crippen molar-refractivity contribution in [2.24, 2.45) is 5.92 Å². The molecule has 5 nitrogen and oxygen atoms in total. The van der Waals surface area contributed by atoms with Gasteiger partial charge < -0.3 is 9.15 Å². The molecule has 2 atom stereocenters. The van der Waals surface area contributed by atoms with Crippen LogP contribution in [0.1, 0.15) is 16.7 Å². The summed E-state index contributed by atoms with van der Waals surface area (Å²) in [4.78, 5) is 3.89. The third-order valence-electron chi connectivity index (χ3n) is 4.36. The third-order valence-corrected chi connectivity index (χ3v) is 5.22. The van der Waals surface area contributed by atoms with Gasteiger partial charge in [0.25, 0.3) is 0 Å². The Kier molecular flexibility index (Phi) is 2.90. The second-order valence-electron chi connectivity index (χ2n) is 5.74. The summed E-state index contributed by atoms with van der Waals surface area (Å²) in [5, 5.41) is 10.4. The van der Waals surface area contributed by atoms with Crippen molar-refractivity contribution in [2.75, 3.05) is 26.3 Å². The lowest BCUT2D eigenvalue weighted by Gasteiger charge is -2.22. The number of hydrogen-bond donors (Lipinski definition) is 0. The van der Waals surface area contributed by atoms with E-state index in [9.17, 15) is 0 Å². The Morgan fingerprint density at radius 3 is 3.20 bits per heavy atom. The van der Waals surface area contributed by atoms with E-state index < -0.39 is 0 Å². The molecule has 4 heterocycles. The summed E-state index contributed by atoms with van der Waals surface area (Å²) >= 11 is 1.81. The van der Waals surface area contributed by atoms with Gasteiger partial charge in [0.1, 0.15) is 0 Å². The fourth-order valence-electron chi connectivity index (χ4n) is 3.38. The zero-order valence-electron chi connectivity index (χ0n) is 11.4. The van der Waals surface area contributed by atoms with Crippen LogP contribution in [0.4, 0.5) is 0 Å². The average Bonchev–Trinajstić information content (AvgIpc) is 3.12. The summed E-state index contributed by atoms with van der Waals surface area (Å²) < 4.78 is 11.4. The largest absolute Gasteiger partial charge is 0.425 e. The summed E-state index contributed by atoms with van der Waals surface area (Å²) in [5.74, 6) is 1.85. The third kappa shape index (κ3) is 1.90. The van der Waals surface area contributed by atoms with Crippen LogP contribution in [0.25, 0.3) is 0 Å². The van der Waals surface area contributed by atoms with E-state index >= 15 is 0 Å². The number of aryl methyl sites for hydroxylation is 1. The van der Waals surface area contributed by atoms with Gasteiger partial charge in [0.05, 0.1) is 18.6 Å². The molecule has 2 aromatic heterocycles. The molecule has 6 heteroatoms. The van der Waals surface area contributed by atoms with Gasteiger partial charge in [-0.25, -0.2) is 0 Å². The summed E-state index contributed by atoms with van der Waals surface area (Å²) in [6.45, 7) is 6.32. The lowest BCUT2D eigenvalue weighted by Crippen LogP contribution is -2.35. The van der Waals surface area contributed by atoms with Crippen molar-refractivity contribution in [1.29, 1.82) is 0 Å². The minimum absolute atomic E-state index is 0.0987. The normalized spacial score (nSPS) is 29.9. The van der Waals surface area contributed by atoms with E-state index in [-0.39, 0.29) is 5.41 Å². The van der Waals surface area contributed by atoms with Crippen molar-refractivity contribution in [3.8, 4) is 0 Å². The molecule has 2 aromatic rings. The molecule has 2 saturated heterocycles. The number of hydrogen-bond acceptors (Lipinski definition) is 6. The fraction of sp³-hybridized carbons (Fsp3) is 0.571. The maximum Gasteiger partial charge on any atom is 0.226 e. The number of aromatic nitrogens is 2. The second-order valence-corrected chi connectivity index (χ2v) is 6.78. The van der Waals surface area contributed by atoms with Crippen LogP contribution in [0.2, 0.25) is 0 Å². The molecule has 0 aliphatic carbocycles. The van der Waals surface area contributed by atoms with Crippen LogP contribution in [-0.2, 0) is 16.7 Å².